The molecule has 0 atom stereocenters. The molecule has 1 aromatic rings. The van der Waals surface area contributed by atoms with Gasteiger partial charge in [0.05, 0.1) is 24.9 Å². The van der Waals surface area contributed by atoms with E-state index in [9.17, 15) is 9.59 Å². The highest BCUT2D eigenvalue weighted by Crippen LogP contribution is 2.12. The maximum absolute atomic E-state index is 11.4. The summed E-state index contributed by atoms with van der Waals surface area (Å²) in [5.74, 6) is -1.31. The zero-order valence-electron chi connectivity index (χ0n) is 8.80. The molecule has 0 aliphatic carbocycles. The second kappa shape index (κ2) is 5.75. The zero-order valence-corrected chi connectivity index (χ0v) is 8.80. The molecule has 0 bridgehead atoms. The first-order valence-electron chi connectivity index (χ1n) is 4.76. The molecule has 1 N–H and O–H groups in total. The minimum absolute atomic E-state index is 0.0595. The van der Waals surface area contributed by atoms with Crippen LogP contribution in [-0.2, 0) is 14.3 Å². The number of carbonyl (C=O) groups is 2. The second-order valence-corrected chi connectivity index (χ2v) is 2.98. The Morgan fingerprint density at radius 3 is 2.81 bits per heavy atom. The van der Waals surface area contributed by atoms with Gasteiger partial charge in [0.1, 0.15) is 5.76 Å². The van der Waals surface area contributed by atoms with E-state index in [4.69, 9.17) is 14.3 Å². The molecule has 0 amide bonds. The molecule has 0 saturated heterocycles. The zero-order chi connectivity index (χ0) is 12.0. The fourth-order valence-electron chi connectivity index (χ4n) is 1.11. The SMILES string of the molecule is CCOC(=O)/C(=C\c1ccco1)CC(=O)O. The number of rotatable bonds is 5. The molecule has 1 aromatic heterocycles. The highest BCUT2D eigenvalue weighted by molar-refractivity contribution is 5.97. The topological polar surface area (TPSA) is 76.7 Å². The molecule has 0 saturated carbocycles. The molecule has 1 rings (SSSR count). The minimum atomic E-state index is -1.09. The summed E-state index contributed by atoms with van der Waals surface area (Å²) in [7, 11) is 0. The Morgan fingerprint density at radius 1 is 1.56 bits per heavy atom. The average molecular weight is 224 g/mol. The molecular weight excluding hydrogens is 212 g/mol. The predicted octanol–water partition coefficient (Wildman–Crippen LogP) is 1.70. The van der Waals surface area contributed by atoms with Crippen molar-refractivity contribution in [3.8, 4) is 0 Å². The Bertz CT molecular complexity index is 389. The van der Waals surface area contributed by atoms with Crippen molar-refractivity contribution in [2.45, 2.75) is 13.3 Å². The molecule has 1 heterocycles. The molecule has 5 nitrogen and oxygen atoms in total. The van der Waals surface area contributed by atoms with E-state index in [1.165, 1.54) is 12.3 Å². The van der Waals surface area contributed by atoms with Crippen LogP contribution in [0.5, 0.6) is 0 Å². The Hall–Kier alpha value is -2.04. The number of ether oxygens (including phenoxy) is 1. The van der Waals surface area contributed by atoms with Crippen molar-refractivity contribution in [1.29, 1.82) is 0 Å². The van der Waals surface area contributed by atoms with Gasteiger partial charge in [-0.05, 0) is 25.1 Å². The van der Waals surface area contributed by atoms with Gasteiger partial charge in [-0.2, -0.15) is 0 Å². The van der Waals surface area contributed by atoms with Crippen LogP contribution < -0.4 is 0 Å². The van der Waals surface area contributed by atoms with Gasteiger partial charge in [-0.3, -0.25) is 4.79 Å². The maximum Gasteiger partial charge on any atom is 0.334 e. The van der Waals surface area contributed by atoms with Gasteiger partial charge in [-0.15, -0.1) is 0 Å². The van der Waals surface area contributed by atoms with Gasteiger partial charge in [0, 0.05) is 0 Å². The Labute approximate surface area is 92.3 Å². The fourth-order valence-corrected chi connectivity index (χ4v) is 1.11. The van der Waals surface area contributed by atoms with E-state index in [0.717, 1.165) is 0 Å². The number of hydrogen-bond acceptors (Lipinski definition) is 4. The largest absolute Gasteiger partial charge is 0.481 e. The monoisotopic (exact) mass is 224 g/mol. The Balaban J connectivity index is 2.86. The third-order valence-electron chi connectivity index (χ3n) is 1.74. The van der Waals surface area contributed by atoms with E-state index in [1.54, 1.807) is 19.1 Å². The number of aliphatic carboxylic acids is 1. The molecule has 0 aromatic carbocycles. The maximum atomic E-state index is 11.4. The number of carbonyl (C=O) groups excluding carboxylic acids is 1. The number of esters is 1. The van der Waals surface area contributed by atoms with Crippen LogP contribution in [0, 0.1) is 0 Å². The Morgan fingerprint density at radius 2 is 2.31 bits per heavy atom. The van der Waals surface area contributed by atoms with Gasteiger partial charge in [0.15, 0.2) is 0 Å². The predicted molar refractivity (Wildman–Crippen MR) is 55.6 cm³/mol. The fraction of sp³-hybridized carbons (Fsp3) is 0.273. The van der Waals surface area contributed by atoms with Gasteiger partial charge in [-0.25, -0.2) is 4.79 Å². The second-order valence-electron chi connectivity index (χ2n) is 2.98. The van der Waals surface area contributed by atoms with Gasteiger partial charge in [0.2, 0.25) is 0 Å². The standard InChI is InChI=1S/C11H12O5/c1-2-15-11(14)8(7-10(12)13)6-9-4-3-5-16-9/h3-6H,2,7H2,1H3,(H,12,13)/b8-6-. The van der Waals surface area contributed by atoms with E-state index in [0.29, 0.717) is 5.76 Å². The number of furan rings is 1. The van der Waals surface area contributed by atoms with E-state index in [-0.39, 0.29) is 18.6 Å². The van der Waals surface area contributed by atoms with Crippen molar-refractivity contribution < 1.29 is 23.8 Å². The van der Waals surface area contributed by atoms with Crippen LogP contribution in [0.4, 0.5) is 0 Å². The van der Waals surface area contributed by atoms with Crippen LogP contribution >= 0.6 is 0 Å². The lowest BCUT2D eigenvalue weighted by Gasteiger charge is -2.03. The number of carboxylic acids is 1. The lowest BCUT2D eigenvalue weighted by molar-refractivity contribution is -0.142. The van der Waals surface area contributed by atoms with E-state index >= 15 is 0 Å². The minimum Gasteiger partial charge on any atom is -0.481 e. The van der Waals surface area contributed by atoms with Crippen LogP contribution in [0.3, 0.4) is 0 Å². The van der Waals surface area contributed by atoms with Crippen LogP contribution in [0.15, 0.2) is 28.4 Å². The van der Waals surface area contributed by atoms with Crippen LogP contribution in [0.2, 0.25) is 0 Å². The summed E-state index contributed by atoms with van der Waals surface area (Å²) in [5, 5.41) is 8.65. The van der Waals surface area contributed by atoms with Crippen LogP contribution in [-0.4, -0.2) is 23.7 Å². The van der Waals surface area contributed by atoms with Crippen molar-refractivity contribution in [1.82, 2.24) is 0 Å². The van der Waals surface area contributed by atoms with Gasteiger partial charge in [-0.1, -0.05) is 0 Å². The summed E-state index contributed by atoms with van der Waals surface area (Å²) >= 11 is 0. The smallest absolute Gasteiger partial charge is 0.334 e. The highest BCUT2D eigenvalue weighted by Gasteiger charge is 2.14. The van der Waals surface area contributed by atoms with Crippen LogP contribution in [0.1, 0.15) is 19.1 Å². The van der Waals surface area contributed by atoms with Crippen molar-refractivity contribution in [2.75, 3.05) is 6.61 Å². The van der Waals surface area contributed by atoms with Gasteiger partial charge in [0.25, 0.3) is 0 Å². The summed E-state index contributed by atoms with van der Waals surface area (Å²) < 4.78 is 9.74. The number of hydrogen-bond donors (Lipinski definition) is 1. The van der Waals surface area contributed by atoms with Crippen molar-refractivity contribution in [2.24, 2.45) is 0 Å². The lowest BCUT2D eigenvalue weighted by atomic mass is 10.1. The highest BCUT2D eigenvalue weighted by atomic mass is 16.5. The third-order valence-corrected chi connectivity index (χ3v) is 1.74. The third kappa shape index (κ3) is 3.61. The van der Waals surface area contributed by atoms with Crippen molar-refractivity contribution in [3.05, 3.63) is 29.7 Å². The molecule has 86 valence electrons. The summed E-state index contributed by atoms with van der Waals surface area (Å²) in [6, 6.07) is 3.27. The van der Waals surface area contributed by atoms with Gasteiger partial charge >= 0.3 is 11.9 Å². The number of carboxylic acid groups (broad SMARTS) is 1. The summed E-state index contributed by atoms with van der Waals surface area (Å²) in [6.07, 6.45) is 2.42. The van der Waals surface area contributed by atoms with Gasteiger partial charge < -0.3 is 14.3 Å². The molecule has 0 aliphatic heterocycles. The molecule has 0 aliphatic rings. The van der Waals surface area contributed by atoms with Crippen molar-refractivity contribution >= 4 is 18.0 Å². The Kier molecular flexibility index (Phi) is 4.32. The van der Waals surface area contributed by atoms with E-state index in [2.05, 4.69) is 0 Å². The van der Waals surface area contributed by atoms with E-state index < -0.39 is 11.9 Å². The molecular formula is C11H12O5. The van der Waals surface area contributed by atoms with Crippen LogP contribution in [0.25, 0.3) is 6.08 Å². The molecule has 16 heavy (non-hydrogen) atoms. The summed E-state index contributed by atoms with van der Waals surface area (Å²) in [6.45, 7) is 1.86. The quantitative estimate of drug-likeness (QED) is 0.608. The summed E-state index contributed by atoms with van der Waals surface area (Å²) in [4.78, 5) is 22.0. The molecule has 0 unspecified atom stereocenters. The van der Waals surface area contributed by atoms with Crippen molar-refractivity contribution in [3.63, 3.8) is 0 Å². The molecule has 0 spiro atoms. The lowest BCUT2D eigenvalue weighted by Crippen LogP contribution is -2.11. The normalized spacial score (nSPS) is 11.2. The first-order chi connectivity index (χ1) is 7.63. The summed E-state index contributed by atoms with van der Waals surface area (Å²) in [5.41, 5.74) is 0.0595. The first-order valence-corrected chi connectivity index (χ1v) is 4.76. The molecule has 0 fully saturated rings. The molecule has 5 heteroatoms. The first kappa shape index (κ1) is 12.0. The molecule has 0 radical (unpaired) electrons. The average Bonchev–Trinajstić information content (AvgIpc) is 2.69. The van der Waals surface area contributed by atoms with E-state index in [1.807, 2.05) is 0 Å².